The molecule has 9 heteroatoms. The van der Waals surface area contributed by atoms with Crippen molar-refractivity contribution in [1.82, 2.24) is 4.90 Å². The first-order valence-corrected chi connectivity index (χ1v) is 12.1. The Labute approximate surface area is 208 Å². The van der Waals surface area contributed by atoms with Gasteiger partial charge in [-0.15, -0.1) is 0 Å². The molecule has 9 nitrogen and oxygen atoms in total. The number of rotatable bonds is 7. The lowest BCUT2D eigenvalue weighted by Crippen LogP contribution is -2.52. The second kappa shape index (κ2) is 9.31. The van der Waals surface area contributed by atoms with Crippen LogP contribution in [0.4, 0.5) is 5.69 Å². The molecule has 1 saturated heterocycles. The van der Waals surface area contributed by atoms with Crippen molar-refractivity contribution < 1.29 is 33.7 Å². The molecular weight excluding hydrogens is 464 g/mol. The van der Waals surface area contributed by atoms with Crippen LogP contribution in [0.3, 0.4) is 0 Å². The fraction of sp³-hybridized carbons (Fsp3) is 0.370. The maximum atomic E-state index is 14.2. The van der Waals surface area contributed by atoms with E-state index >= 15 is 0 Å². The number of aliphatic hydroxyl groups excluding tert-OH is 1. The monoisotopic (exact) mass is 492 g/mol. The molecule has 5 rings (SSSR count). The minimum atomic E-state index is -1.77. The van der Waals surface area contributed by atoms with Gasteiger partial charge in [-0.05, 0) is 37.1 Å². The molecule has 2 aromatic carbocycles. The van der Waals surface area contributed by atoms with Crippen LogP contribution in [-0.2, 0) is 24.7 Å². The molecule has 0 saturated carbocycles. The molecule has 0 aliphatic carbocycles. The standard InChI is InChI=1S/C27H28N2O7/c1-3-11-28-19-8-5-4-7-18(19)27(26(28)33)22(24(31)25(32)29(27)12-6-13-34-2)23(30)17-9-10-20-21(16-17)36-15-14-35-20/h4-5,7-10,16,30H,3,6,11-15H2,1-2H3/b23-22+/t27-/m1/s1. The molecule has 0 aromatic heterocycles. The topological polar surface area (TPSA) is 106 Å². The summed E-state index contributed by atoms with van der Waals surface area (Å²) in [6, 6.07) is 11.9. The van der Waals surface area contributed by atoms with Gasteiger partial charge in [-0.1, -0.05) is 25.1 Å². The number of nitrogens with zero attached hydrogens (tertiary/aromatic N) is 2. The highest BCUT2D eigenvalue weighted by Crippen LogP contribution is 2.53. The Bertz CT molecular complexity index is 1270. The van der Waals surface area contributed by atoms with Crippen molar-refractivity contribution in [1.29, 1.82) is 0 Å². The number of benzene rings is 2. The Kier molecular flexibility index (Phi) is 6.17. The van der Waals surface area contributed by atoms with E-state index in [9.17, 15) is 19.5 Å². The summed E-state index contributed by atoms with van der Waals surface area (Å²) >= 11 is 0. The fourth-order valence-electron chi connectivity index (χ4n) is 5.31. The van der Waals surface area contributed by atoms with E-state index in [1.54, 1.807) is 48.4 Å². The number of fused-ring (bicyclic) bond motifs is 3. The van der Waals surface area contributed by atoms with Gasteiger partial charge in [0.15, 0.2) is 17.0 Å². The molecule has 0 unspecified atom stereocenters. The van der Waals surface area contributed by atoms with Crippen LogP contribution >= 0.6 is 0 Å². The average molecular weight is 493 g/mol. The van der Waals surface area contributed by atoms with Crippen LogP contribution in [0.5, 0.6) is 11.5 Å². The molecule has 0 bridgehead atoms. The van der Waals surface area contributed by atoms with Crippen molar-refractivity contribution in [3.05, 3.63) is 59.2 Å². The van der Waals surface area contributed by atoms with E-state index < -0.39 is 28.9 Å². The van der Waals surface area contributed by atoms with Crippen molar-refractivity contribution in [2.24, 2.45) is 0 Å². The lowest BCUT2D eigenvalue weighted by molar-refractivity contribution is -0.143. The molecule has 1 fully saturated rings. The van der Waals surface area contributed by atoms with E-state index in [-0.39, 0.29) is 17.7 Å². The molecule has 3 heterocycles. The summed E-state index contributed by atoms with van der Waals surface area (Å²) in [6.07, 6.45) is 1.09. The molecule has 36 heavy (non-hydrogen) atoms. The van der Waals surface area contributed by atoms with Gasteiger partial charge in [0.2, 0.25) is 0 Å². The lowest BCUT2D eigenvalue weighted by Gasteiger charge is -2.34. The van der Waals surface area contributed by atoms with Crippen LogP contribution in [0.1, 0.15) is 30.9 Å². The summed E-state index contributed by atoms with van der Waals surface area (Å²) < 4.78 is 16.4. The third-order valence-electron chi connectivity index (χ3n) is 6.80. The Morgan fingerprint density at radius 3 is 2.56 bits per heavy atom. The second-order valence-corrected chi connectivity index (χ2v) is 8.90. The zero-order valence-corrected chi connectivity index (χ0v) is 20.3. The van der Waals surface area contributed by atoms with E-state index in [0.29, 0.717) is 62.0 Å². The predicted molar refractivity (Wildman–Crippen MR) is 131 cm³/mol. The number of para-hydroxylation sites is 1. The average Bonchev–Trinajstić information content (AvgIpc) is 3.27. The number of methoxy groups -OCH3 is 1. The van der Waals surface area contributed by atoms with Gasteiger partial charge in [0, 0.05) is 37.9 Å². The highest BCUT2D eigenvalue weighted by Gasteiger charge is 2.66. The molecule has 0 radical (unpaired) electrons. The summed E-state index contributed by atoms with van der Waals surface area (Å²) in [6.45, 7) is 3.56. The minimum absolute atomic E-state index is 0.108. The van der Waals surface area contributed by atoms with Crippen molar-refractivity contribution in [3.63, 3.8) is 0 Å². The van der Waals surface area contributed by atoms with Crippen LogP contribution in [-0.4, -0.2) is 67.6 Å². The van der Waals surface area contributed by atoms with Crippen LogP contribution in [0.25, 0.3) is 5.76 Å². The van der Waals surface area contributed by atoms with Crippen LogP contribution in [0, 0.1) is 0 Å². The van der Waals surface area contributed by atoms with Gasteiger partial charge in [-0.2, -0.15) is 0 Å². The highest BCUT2D eigenvalue weighted by atomic mass is 16.6. The summed E-state index contributed by atoms with van der Waals surface area (Å²) in [7, 11) is 1.55. The number of Topliss-reactive ketones (excluding diaryl/α,β-unsaturated/α-hetero) is 1. The largest absolute Gasteiger partial charge is 0.507 e. The molecule has 188 valence electrons. The lowest BCUT2D eigenvalue weighted by atomic mass is 9.81. The number of anilines is 1. The van der Waals surface area contributed by atoms with Crippen molar-refractivity contribution >= 4 is 29.0 Å². The number of likely N-dealkylation sites (tertiary alicyclic amines) is 1. The van der Waals surface area contributed by atoms with Gasteiger partial charge in [-0.25, -0.2) is 0 Å². The number of carbonyl (C=O) groups excluding carboxylic acids is 3. The van der Waals surface area contributed by atoms with Crippen molar-refractivity contribution in [2.75, 3.05) is 44.9 Å². The van der Waals surface area contributed by atoms with Crippen LogP contribution in [0.15, 0.2) is 48.0 Å². The van der Waals surface area contributed by atoms with Crippen molar-refractivity contribution in [2.45, 2.75) is 25.3 Å². The Morgan fingerprint density at radius 2 is 1.81 bits per heavy atom. The maximum Gasteiger partial charge on any atom is 0.296 e. The van der Waals surface area contributed by atoms with Gasteiger partial charge >= 0.3 is 0 Å². The second-order valence-electron chi connectivity index (χ2n) is 8.90. The SMILES string of the molecule is CCCN1C(=O)[C@]2(/C(=C(/O)c3ccc4c(c3)OCCO4)C(=O)C(=O)N2CCCOC)c2ccccc21. The van der Waals surface area contributed by atoms with Crippen LogP contribution in [0.2, 0.25) is 0 Å². The fourth-order valence-corrected chi connectivity index (χ4v) is 5.31. The van der Waals surface area contributed by atoms with Gasteiger partial charge in [0.1, 0.15) is 19.0 Å². The molecule has 2 aromatic rings. The molecule has 1 atom stereocenters. The maximum absolute atomic E-state index is 14.2. The molecule has 1 spiro atoms. The number of hydrogen-bond donors (Lipinski definition) is 1. The summed E-state index contributed by atoms with van der Waals surface area (Å²) in [5, 5.41) is 11.6. The first-order valence-electron chi connectivity index (χ1n) is 12.1. The van der Waals surface area contributed by atoms with Gasteiger partial charge in [0.25, 0.3) is 17.6 Å². The molecular formula is C27H28N2O7. The summed E-state index contributed by atoms with van der Waals surface area (Å²) in [5.74, 6) is -1.65. The minimum Gasteiger partial charge on any atom is -0.507 e. The number of ether oxygens (including phenoxy) is 3. The number of aliphatic hydroxyl groups is 1. The highest BCUT2D eigenvalue weighted by molar-refractivity contribution is 6.50. The Balaban J connectivity index is 1.75. The zero-order valence-electron chi connectivity index (χ0n) is 20.3. The summed E-state index contributed by atoms with van der Waals surface area (Å²) in [4.78, 5) is 44.1. The molecule has 3 aliphatic heterocycles. The molecule has 3 aliphatic rings. The first kappa shape index (κ1) is 23.9. The Morgan fingerprint density at radius 1 is 1.06 bits per heavy atom. The van der Waals surface area contributed by atoms with E-state index in [0.717, 1.165) is 0 Å². The Hall–Kier alpha value is -3.85. The van der Waals surface area contributed by atoms with E-state index in [4.69, 9.17) is 14.2 Å². The third kappa shape index (κ3) is 3.37. The summed E-state index contributed by atoms with van der Waals surface area (Å²) in [5.41, 5.74) is -0.633. The van der Waals surface area contributed by atoms with Crippen LogP contribution < -0.4 is 14.4 Å². The third-order valence-corrected chi connectivity index (χ3v) is 6.80. The number of carbonyl (C=O) groups is 3. The van der Waals surface area contributed by atoms with Gasteiger partial charge < -0.3 is 29.1 Å². The van der Waals surface area contributed by atoms with E-state index in [2.05, 4.69) is 0 Å². The number of ketones is 1. The normalized spacial score (nSPS) is 22.0. The number of amides is 2. The zero-order chi connectivity index (χ0) is 25.4. The van der Waals surface area contributed by atoms with Gasteiger partial charge in [-0.3, -0.25) is 14.4 Å². The van der Waals surface area contributed by atoms with Gasteiger partial charge in [0.05, 0.1) is 11.3 Å². The quantitative estimate of drug-likeness (QED) is 0.274. The predicted octanol–water partition coefficient (Wildman–Crippen LogP) is 2.83. The van der Waals surface area contributed by atoms with E-state index in [1.807, 2.05) is 13.0 Å². The smallest absolute Gasteiger partial charge is 0.296 e. The molecule has 2 amide bonds. The van der Waals surface area contributed by atoms with E-state index in [1.165, 1.54) is 4.90 Å². The van der Waals surface area contributed by atoms with Crippen molar-refractivity contribution in [3.8, 4) is 11.5 Å². The molecule has 1 N–H and O–H groups in total. The first-order chi connectivity index (χ1) is 17.5. The number of hydrogen-bond acceptors (Lipinski definition) is 7.